The van der Waals surface area contributed by atoms with Gasteiger partial charge in [-0.3, -0.25) is 0 Å². The van der Waals surface area contributed by atoms with Crippen molar-refractivity contribution in [2.75, 3.05) is 43.3 Å². The Morgan fingerprint density at radius 1 is 1.06 bits per heavy atom. The van der Waals surface area contributed by atoms with Crippen LogP contribution in [0.5, 0.6) is 5.75 Å². The minimum Gasteiger partial charge on any atom is -0.497 e. The lowest BCUT2D eigenvalue weighted by Crippen LogP contribution is -2.35. The number of methoxy groups -OCH3 is 1. The van der Waals surface area contributed by atoms with Crippen LogP contribution < -0.4 is 20.0 Å². The van der Waals surface area contributed by atoms with Gasteiger partial charge in [-0.05, 0) is 54.5 Å². The Morgan fingerprint density at radius 2 is 1.82 bits per heavy atom. The molecule has 6 nitrogen and oxygen atoms in total. The van der Waals surface area contributed by atoms with E-state index in [1.165, 1.54) is 5.69 Å². The third kappa shape index (κ3) is 6.12. The zero-order chi connectivity index (χ0) is 23.0. The summed E-state index contributed by atoms with van der Waals surface area (Å²) in [5.74, 6) is 1.27. The van der Waals surface area contributed by atoms with Crippen molar-refractivity contribution in [2.24, 2.45) is 5.92 Å². The van der Waals surface area contributed by atoms with E-state index >= 15 is 0 Å². The fourth-order valence-electron chi connectivity index (χ4n) is 3.96. The van der Waals surface area contributed by atoms with Gasteiger partial charge >= 0.3 is 0 Å². The fourth-order valence-corrected chi connectivity index (χ4v) is 6.37. The maximum absolute atomic E-state index is 6.51. The highest BCUT2D eigenvalue weighted by Gasteiger charge is 2.39. The lowest BCUT2D eigenvalue weighted by molar-refractivity contribution is 0.288. The van der Waals surface area contributed by atoms with Gasteiger partial charge in [0, 0.05) is 37.1 Å². The summed E-state index contributed by atoms with van der Waals surface area (Å²) in [4.78, 5) is 0. The highest BCUT2D eigenvalue weighted by molar-refractivity contribution is 7.80. The zero-order valence-electron chi connectivity index (χ0n) is 19.1. The standard InChI is InChI=1S/C25H31N4O2PS/c1-20-8-6-7-11-24(20)29-18-17-28(22-9-4-3-5-10-22)32(29)31-19-16-26-25(33)27-21-12-14-23(30-2)15-13-21/h3-15,20,24H,16-19H2,1-2H3,(H2,26,27,33). The van der Waals surface area contributed by atoms with Crippen molar-refractivity contribution >= 4 is 37.2 Å². The van der Waals surface area contributed by atoms with Crippen molar-refractivity contribution in [1.82, 2.24) is 9.99 Å². The molecule has 1 aliphatic carbocycles. The van der Waals surface area contributed by atoms with Crippen LogP contribution in [0, 0.1) is 5.92 Å². The number of anilines is 2. The monoisotopic (exact) mass is 482 g/mol. The summed E-state index contributed by atoms with van der Waals surface area (Å²) in [5, 5.41) is 7.03. The molecule has 1 aliphatic heterocycles. The van der Waals surface area contributed by atoms with Gasteiger partial charge in [0.15, 0.2) is 5.11 Å². The number of nitrogens with one attached hydrogen (secondary N) is 2. The Kier molecular flexibility index (Phi) is 8.35. The molecule has 0 radical (unpaired) electrons. The van der Waals surface area contributed by atoms with E-state index in [4.69, 9.17) is 21.5 Å². The van der Waals surface area contributed by atoms with Crippen LogP contribution in [0.1, 0.15) is 6.92 Å². The van der Waals surface area contributed by atoms with Gasteiger partial charge in [0.2, 0.25) is 8.45 Å². The van der Waals surface area contributed by atoms with Gasteiger partial charge in [-0.1, -0.05) is 49.4 Å². The van der Waals surface area contributed by atoms with E-state index in [-0.39, 0.29) is 0 Å². The number of rotatable bonds is 8. The summed E-state index contributed by atoms with van der Waals surface area (Å²) in [7, 11) is 0.737. The molecule has 3 atom stereocenters. The molecule has 8 heteroatoms. The second-order valence-corrected chi connectivity index (χ2v) is 10.1. The maximum Gasteiger partial charge on any atom is 0.218 e. The van der Waals surface area contributed by atoms with Crippen LogP contribution in [0.25, 0.3) is 0 Å². The van der Waals surface area contributed by atoms with Crippen LogP contribution in [0.15, 0.2) is 78.9 Å². The molecule has 1 fully saturated rings. The van der Waals surface area contributed by atoms with Crippen LogP contribution in [0.3, 0.4) is 0 Å². The predicted molar refractivity (Wildman–Crippen MR) is 142 cm³/mol. The van der Waals surface area contributed by atoms with Gasteiger partial charge in [0.1, 0.15) is 5.75 Å². The molecule has 3 unspecified atom stereocenters. The molecular weight excluding hydrogens is 451 g/mol. The molecule has 2 aliphatic rings. The molecular formula is C25H31N4O2PS. The number of ether oxygens (including phenoxy) is 1. The SMILES string of the molecule is COc1ccc(NC(=S)NCCOP2N(c3ccccc3)CCN2C2C=CC=CC2C)cc1. The Balaban J connectivity index is 1.34. The number of allylic oxidation sites excluding steroid dienone is 2. The molecule has 1 heterocycles. The first-order chi connectivity index (χ1) is 16.2. The molecule has 1 saturated heterocycles. The van der Waals surface area contributed by atoms with E-state index in [0.717, 1.165) is 24.5 Å². The average Bonchev–Trinajstić information content (AvgIpc) is 3.27. The van der Waals surface area contributed by atoms with Crippen molar-refractivity contribution in [2.45, 2.75) is 13.0 Å². The minimum atomic E-state index is -0.918. The van der Waals surface area contributed by atoms with Crippen molar-refractivity contribution in [1.29, 1.82) is 0 Å². The van der Waals surface area contributed by atoms with Crippen LogP contribution in [0.4, 0.5) is 11.4 Å². The fraction of sp³-hybridized carbons (Fsp3) is 0.320. The molecule has 2 N–H and O–H groups in total. The predicted octanol–water partition coefficient (Wildman–Crippen LogP) is 5.18. The third-order valence-electron chi connectivity index (χ3n) is 5.68. The average molecular weight is 483 g/mol. The lowest BCUT2D eigenvalue weighted by Gasteiger charge is -2.36. The summed E-state index contributed by atoms with van der Waals surface area (Å²) in [6.07, 6.45) is 8.85. The van der Waals surface area contributed by atoms with Crippen molar-refractivity contribution in [3.05, 3.63) is 78.9 Å². The van der Waals surface area contributed by atoms with Gasteiger partial charge in [-0.2, -0.15) is 0 Å². The van der Waals surface area contributed by atoms with Crippen LogP contribution in [-0.4, -0.2) is 49.2 Å². The van der Waals surface area contributed by atoms with E-state index in [1.54, 1.807) is 7.11 Å². The van der Waals surface area contributed by atoms with E-state index in [0.29, 0.717) is 30.2 Å². The van der Waals surface area contributed by atoms with E-state index in [1.807, 2.05) is 24.3 Å². The summed E-state index contributed by atoms with van der Waals surface area (Å²) in [6, 6.07) is 18.6. The van der Waals surface area contributed by atoms with Crippen LogP contribution >= 0.6 is 20.7 Å². The summed E-state index contributed by atoms with van der Waals surface area (Å²) >= 11 is 5.44. The van der Waals surface area contributed by atoms with Gasteiger partial charge in [0.05, 0.1) is 13.7 Å². The third-order valence-corrected chi connectivity index (χ3v) is 8.09. The van der Waals surface area contributed by atoms with Crippen LogP contribution in [0.2, 0.25) is 0 Å². The number of benzene rings is 2. The number of hydrogen-bond donors (Lipinski definition) is 2. The molecule has 2 aromatic rings. The highest BCUT2D eigenvalue weighted by Crippen LogP contribution is 2.54. The van der Waals surface area contributed by atoms with E-state index < -0.39 is 8.45 Å². The molecule has 4 rings (SSSR count). The minimum absolute atomic E-state index is 0.348. The number of nitrogens with zero attached hydrogens (tertiary/aromatic N) is 2. The Morgan fingerprint density at radius 3 is 2.55 bits per heavy atom. The molecule has 0 saturated carbocycles. The topological polar surface area (TPSA) is 49.0 Å². The van der Waals surface area contributed by atoms with Crippen molar-refractivity contribution in [3.8, 4) is 5.75 Å². The molecule has 0 spiro atoms. The Bertz CT molecular complexity index is 970. The summed E-state index contributed by atoms with van der Waals surface area (Å²) < 4.78 is 16.6. The lowest BCUT2D eigenvalue weighted by atomic mass is 9.97. The van der Waals surface area contributed by atoms with Crippen molar-refractivity contribution in [3.63, 3.8) is 0 Å². The molecule has 0 aromatic heterocycles. The first kappa shape index (κ1) is 23.7. The first-order valence-electron chi connectivity index (χ1n) is 11.2. The van der Waals surface area contributed by atoms with E-state index in [9.17, 15) is 0 Å². The number of hydrogen-bond acceptors (Lipinski definition) is 5. The van der Waals surface area contributed by atoms with Crippen molar-refractivity contribution < 1.29 is 9.26 Å². The second-order valence-electron chi connectivity index (χ2n) is 7.94. The quantitative estimate of drug-likeness (QED) is 0.306. The van der Waals surface area contributed by atoms with Gasteiger partial charge < -0.3 is 24.6 Å². The molecule has 2 aromatic carbocycles. The largest absolute Gasteiger partial charge is 0.497 e. The maximum atomic E-state index is 6.51. The Labute approximate surface area is 203 Å². The van der Waals surface area contributed by atoms with E-state index in [2.05, 4.69) is 81.5 Å². The van der Waals surface area contributed by atoms with Gasteiger partial charge in [-0.25, -0.2) is 4.67 Å². The highest BCUT2D eigenvalue weighted by atomic mass is 32.1. The Hall–Kier alpha value is -2.44. The van der Waals surface area contributed by atoms with Gasteiger partial charge in [-0.15, -0.1) is 0 Å². The molecule has 0 bridgehead atoms. The zero-order valence-corrected chi connectivity index (χ0v) is 20.8. The van der Waals surface area contributed by atoms with Crippen LogP contribution in [-0.2, 0) is 4.52 Å². The molecule has 33 heavy (non-hydrogen) atoms. The number of para-hydroxylation sites is 1. The number of thiocarbonyl (C=S) groups is 1. The molecule has 174 valence electrons. The smallest absolute Gasteiger partial charge is 0.218 e. The second kappa shape index (κ2) is 11.6. The van der Waals surface area contributed by atoms with Gasteiger partial charge in [0.25, 0.3) is 0 Å². The normalized spacial score (nSPS) is 22.4. The summed E-state index contributed by atoms with van der Waals surface area (Å²) in [6.45, 7) is 5.41. The molecule has 0 amide bonds. The first-order valence-corrected chi connectivity index (χ1v) is 12.8. The summed E-state index contributed by atoms with van der Waals surface area (Å²) in [5.41, 5.74) is 2.13.